The fraction of sp³-hybridized carbons (Fsp3) is 0.773. The number of ether oxygens (including phenoxy) is 2. The van der Waals surface area contributed by atoms with E-state index < -0.39 is 26.5 Å². The topological polar surface area (TPSA) is 134 Å². The van der Waals surface area contributed by atoms with Gasteiger partial charge < -0.3 is 20.1 Å². The van der Waals surface area contributed by atoms with Gasteiger partial charge in [-0.3, -0.25) is 18.6 Å². The summed E-state index contributed by atoms with van der Waals surface area (Å²) >= 11 is 0. The standard InChI is InChI=1S/C44H80NO8P/c1-3-5-7-9-11-13-15-17-19-21-23-25-27-29-31-33-35-37-44(47)53-42(41-52-54(48,49)51-39-38-45)40-50-43(46)36-34-32-30-28-26-24-22-20-18-16-14-12-10-8-6-4-2/h5,7,11,13,17,19,23,25,42H,3-4,6,8-10,12,14-16,18,20-22,24,26-41,45H2,1-2H3,(H,48,49). The number of carbonyl (C=O) groups excluding carboxylic acids is 2. The molecule has 3 N–H and O–H groups in total. The molecule has 54 heavy (non-hydrogen) atoms. The van der Waals surface area contributed by atoms with Crippen molar-refractivity contribution in [2.45, 2.75) is 193 Å². The highest BCUT2D eigenvalue weighted by atomic mass is 31.2. The molecule has 0 heterocycles. The number of hydrogen-bond acceptors (Lipinski definition) is 8. The third-order valence-electron chi connectivity index (χ3n) is 8.98. The lowest BCUT2D eigenvalue weighted by atomic mass is 10.0. The Kier molecular flexibility index (Phi) is 39.1. The van der Waals surface area contributed by atoms with Crippen LogP contribution in [0, 0.1) is 0 Å². The van der Waals surface area contributed by atoms with Crippen molar-refractivity contribution in [2.75, 3.05) is 26.4 Å². The molecule has 0 aromatic carbocycles. The summed E-state index contributed by atoms with van der Waals surface area (Å²) in [6, 6.07) is 0. The molecule has 0 spiro atoms. The quantitative estimate of drug-likeness (QED) is 0.0269. The molecule has 2 atom stereocenters. The Morgan fingerprint density at radius 3 is 1.52 bits per heavy atom. The maximum atomic E-state index is 12.6. The van der Waals surface area contributed by atoms with E-state index in [2.05, 4.69) is 62.5 Å². The third kappa shape index (κ3) is 39.7. The average molecular weight is 782 g/mol. The highest BCUT2D eigenvalue weighted by molar-refractivity contribution is 7.47. The van der Waals surface area contributed by atoms with E-state index in [1.165, 1.54) is 83.5 Å². The van der Waals surface area contributed by atoms with Crippen LogP contribution in [-0.2, 0) is 32.7 Å². The Balaban J connectivity index is 4.19. The molecule has 0 radical (unpaired) electrons. The zero-order valence-electron chi connectivity index (χ0n) is 34.4. The number of carbonyl (C=O) groups is 2. The second-order valence-corrected chi connectivity index (χ2v) is 15.6. The van der Waals surface area contributed by atoms with E-state index >= 15 is 0 Å². The zero-order chi connectivity index (χ0) is 39.6. The number of phosphoric ester groups is 1. The molecule has 0 amide bonds. The van der Waals surface area contributed by atoms with E-state index in [9.17, 15) is 19.0 Å². The molecule has 0 fully saturated rings. The minimum atomic E-state index is -4.38. The molecule has 9 nitrogen and oxygen atoms in total. The van der Waals surface area contributed by atoms with Crippen molar-refractivity contribution >= 4 is 19.8 Å². The average Bonchev–Trinajstić information content (AvgIpc) is 3.16. The number of phosphoric acid groups is 1. The van der Waals surface area contributed by atoms with Gasteiger partial charge in [-0.25, -0.2) is 4.57 Å². The van der Waals surface area contributed by atoms with Crippen molar-refractivity contribution in [3.05, 3.63) is 48.6 Å². The molecule has 0 aliphatic carbocycles. The second kappa shape index (κ2) is 40.6. The molecule has 0 aromatic heterocycles. The first kappa shape index (κ1) is 52.0. The van der Waals surface area contributed by atoms with Gasteiger partial charge in [0.05, 0.1) is 13.2 Å². The molecule has 0 saturated carbocycles. The Morgan fingerprint density at radius 2 is 1.02 bits per heavy atom. The summed E-state index contributed by atoms with van der Waals surface area (Å²) in [5.74, 6) is -0.853. The molecule has 2 unspecified atom stereocenters. The van der Waals surface area contributed by atoms with Gasteiger partial charge in [-0.1, -0.05) is 172 Å². The largest absolute Gasteiger partial charge is 0.472 e. The Labute approximate surface area is 330 Å². The number of esters is 2. The molecule has 314 valence electrons. The normalized spacial score (nSPS) is 13.8. The summed E-state index contributed by atoms with van der Waals surface area (Å²) in [4.78, 5) is 34.9. The molecule has 0 aliphatic heterocycles. The van der Waals surface area contributed by atoms with Gasteiger partial charge in [0.2, 0.25) is 0 Å². The van der Waals surface area contributed by atoms with Crippen LogP contribution in [0.4, 0.5) is 0 Å². The van der Waals surface area contributed by atoms with E-state index in [0.29, 0.717) is 6.42 Å². The van der Waals surface area contributed by atoms with Crippen LogP contribution in [0.2, 0.25) is 0 Å². The molecule has 0 saturated heterocycles. The van der Waals surface area contributed by atoms with Crippen molar-refractivity contribution in [1.82, 2.24) is 0 Å². The fourth-order valence-corrected chi connectivity index (χ4v) is 6.57. The van der Waals surface area contributed by atoms with Crippen LogP contribution in [-0.4, -0.2) is 49.3 Å². The lowest BCUT2D eigenvalue weighted by Crippen LogP contribution is -2.29. The van der Waals surface area contributed by atoms with Crippen molar-refractivity contribution in [3.8, 4) is 0 Å². The third-order valence-corrected chi connectivity index (χ3v) is 9.96. The van der Waals surface area contributed by atoms with E-state index in [1.54, 1.807) is 0 Å². The molecular formula is C44H80NO8P. The van der Waals surface area contributed by atoms with Gasteiger partial charge >= 0.3 is 19.8 Å². The first-order valence-electron chi connectivity index (χ1n) is 21.6. The van der Waals surface area contributed by atoms with Gasteiger partial charge in [0.1, 0.15) is 6.61 Å². The first-order valence-corrected chi connectivity index (χ1v) is 23.1. The Hall–Kier alpha value is -2.03. The minimum Gasteiger partial charge on any atom is -0.462 e. The van der Waals surface area contributed by atoms with Crippen LogP contribution in [0.15, 0.2) is 48.6 Å². The van der Waals surface area contributed by atoms with Crippen molar-refractivity contribution in [1.29, 1.82) is 0 Å². The Bertz CT molecular complexity index is 1030. The van der Waals surface area contributed by atoms with Crippen molar-refractivity contribution in [3.63, 3.8) is 0 Å². The molecule has 0 rings (SSSR count). The van der Waals surface area contributed by atoms with Crippen LogP contribution in [0.25, 0.3) is 0 Å². The highest BCUT2D eigenvalue weighted by Gasteiger charge is 2.26. The van der Waals surface area contributed by atoms with E-state index in [4.69, 9.17) is 24.3 Å². The number of unbranched alkanes of at least 4 members (excludes halogenated alkanes) is 19. The van der Waals surface area contributed by atoms with E-state index in [-0.39, 0.29) is 38.6 Å². The SMILES string of the molecule is CCC=CCC=CCC=CCC=CCCCCCCC(=O)OC(COC(=O)CCCCCCCCCCCCCCCCCC)COP(=O)(O)OCCN. The predicted molar refractivity (Wildman–Crippen MR) is 224 cm³/mol. The molecular weight excluding hydrogens is 701 g/mol. The summed E-state index contributed by atoms with van der Waals surface area (Å²) < 4.78 is 32.8. The van der Waals surface area contributed by atoms with Crippen LogP contribution < -0.4 is 5.73 Å². The molecule has 0 bridgehead atoms. The van der Waals surface area contributed by atoms with Crippen molar-refractivity contribution in [2.24, 2.45) is 5.73 Å². The Morgan fingerprint density at radius 1 is 0.574 bits per heavy atom. The van der Waals surface area contributed by atoms with Crippen LogP contribution in [0.5, 0.6) is 0 Å². The van der Waals surface area contributed by atoms with Gasteiger partial charge in [0, 0.05) is 19.4 Å². The van der Waals surface area contributed by atoms with Gasteiger partial charge in [-0.15, -0.1) is 0 Å². The summed E-state index contributed by atoms with van der Waals surface area (Å²) in [5, 5.41) is 0. The number of allylic oxidation sites excluding steroid dienone is 8. The molecule has 0 aromatic rings. The smallest absolute Gasteiger partial charge is 0.462 e. The summed E-state index contributed by atoms with van der Waals surface area (Å²) in [6.45, 7) is 3.60. The van der Waals surface area contributed by atoms with Gasteiger partial charge in [-0.2, -0.15) is 0 Å². The van der Waals surface area contributed by atoms with Crippen molar-refractivity contribution < 1.29 is 37.6 Å². The minimum absolute atomic E-state index is 0.0484. The fourth-order valence-electron chi connectivity index (χ4n) is 5.80. The molecule has 0 aliphatic rings. The summed E-state index contributed by atoms with van der Waals surface area (Å²) in [7, 11) is -4.38. The maximum Gasteiger partial charge on any atom is 0.472 e. The number of rotatable bonds is 40. The van der Waals surface area contributed by atoms with Gasteiger partial charge in [0.25, 0.3) is 0 Å². The maximum absolute atomic E-state index is 12.6. The summed E-state index contributed by atoms with van der Waals surface area (Å²) in [6.07, 6.45) is 45.7. The number of nitrogens with two attached hydrogens (primary N) is 1. The van der Waals surface area contributed by atoms with Gasteiger partial charge in [0.15, 0.2) is 6.10 Å². The van der Waals surface area contributed by atoms with Crippen LogP contribution in [0.3, 0.4) is 0 Å². The van der Waals surface area contributed by atoms with Crippen LogP contribution >= 0.6 is 7.82 Å². The predicted octanol–water partition coefficient (Wildman–Crippen LogP) is 12.3. The first-order chi connectivity index (χ1) is 26.3. The number of hydrogen-bond donors (Lipinski definition) is 2. The molecule has 10 heteroatoms. The lowest BCUT2D eigenvalue weighted by Gasteiger charge is -2.19. The highest BCUT2D eigenvalue weighted by Crippen LogP contribution is 2.43. The summed E-state index contributed by atoms with van der Waals surface area (Å²) in [5.41, 5.74) is 5.34. The van der Waals surface area contributed by atoms with Gasteiger partial charge in [-0.05, 0) is 51.4 Å². The monoisotopic (exact) mass is 782 g/mol. The van der Waals surface area contributed by atoms with E-state index in [0.717, 1.165) is 70.6 Å². The lowest BCUT2D eigenvalue weighted by molar-refractivity contribution is -0.161. The van der Waals surface area contributed by atoms with Crippen LogP contribution in [0.1, 0.15) is 187 Å². The zero-order valence-corrected chi connectivity index (χ0v) is 35.3. The second-order valence-electron chi connectivity index (χ2n) is 14.2. The van der Waals surface area contributed by atoms with E-state index in [1.807, 2.05) is 0 Å².